The predicted molar refractivity (Wildman–Crippen MR) is 102 cm³/mol. The first-order valence-electron chi connectivity index (χ1n) is 9.08. The van der Waals surface area contributed by atoms with E-state index in [4.69, 9.17) is 9.47 Å². The molecule has 0 saturated carbocycles. The highest BCUT2D eigenvalue weighted by Crippen LogP contribution is 2.40. The molecule has 3 rings (SSSR count). The van der Waals surface area contributed by atoms with E-state index in [1.807, 2.05) is 6.92 Å². The minimum Gasteiger partial charge on any atom is -0.490 e. The van der Waals surface area contributed by atoms with E-state index < -0.39 is 24.1 Å². The normalized spacial score (nSPS) is 11.6. The molecule has 0 unspecified atom stereocenters. The van der Waals surface area contributed by atoms with Crippen LogP contribution >= 0.6 is 0 Å². The summed E-state index contributed by atoms with van der Waals surface area (Å²) in [6.07, 6.45) is -4.99. The highest BCUT2D eigenvalue weighted by Gasteiger charge is 2.34. The van der Waals surface area contributed by atoms with Crippen molar-refractivity contribution in [3.8, 4) is 22.8 Å². The number of aromatic nitrogens is 1. The van der Waals surface area contributed by atoms with E-state index in [1.165, 1.54) is 12.1 Å². The molecule has 2 aromatic carbocycles. The van der Waals surface area contributed by atoms with Crippen molar-refractivity contribution < 1.29 is 32.5 Å². The number of aliphatic carboxylic acids is 1. The maximum atomic E-state index is 13.5. The van der Waals surface area contributed by atoms with Crippen molar-refractivity contribution in [2.45, 2.75) is 26.4 Å². The molecule has 8 heteroatoms. The Morgan fingerprint density at radius 1 is 1.07 bits per heavy atom. The van der Waals surface area contributed by atoms with Crippen molar-refractivity contribution in [3.05, 3.63) is 47.5 Å². The summed E-state index contributed by atoms with van der Waals surface area (Å²) < 4.78 is 51.5. The van der Waals surface area contributed by atoms with Crippen molar-refractivity contribution >= 4 is 16.9 Å². The smallest absolute Gasteiger partial charge is 0.418 e. The molecule has 3 aromatic rings. The Bertz CT molecular complexity index is 1040. The number of alkyl halides is 3. The number of para-hydroxylation sites is 1. The molecule has 1 heterocycles. The van der Waals surface area contributed by atoms with Crippen LogP contribution in [0.25, 0.3) is 22.2 Å². The Balaban J connectivity index is 2.25. The lowest BCUT2D eigenvalue weighted by molar-refractivity contribution is -0.137. The Hall–Kier alpha value is -3.16. The summed E-state index contributed by atoms with van der Waals surface area (Å²) in [4.78, 5) is 14.2. The summed E-state index contributed by atoms with van der Waals surface area (Å²) in [5, 5.41) is 9.54. The zero-order valence-corrected chi connectivity index (χ0v) is 15.9. The third kappa shape index (κ3) is 4.16. The van der Waals surface area contributed by atoms with Crippen molar-refractivity contribution in [1.29, 1.82) is 0 Å². The Morgan fingerprint density at radius 2 is 1.76 bits per heavy atom. The van der Waals surface area contributed by atoms with Gasteiger partial charge in [0.15, 0.2) is 11.5 Å². The topological polar surface area (TPSA) is 71.6 Å². The monoisotopic (exact) mass is 407 g/mol. The summed E-state index contributed by atoms with van der Waals surface area (Å²) in [7, 11) is 0. The van der Waals surface area contributed by atoms with Crippen molar-refractivity contribution in [2.24, 2.45) is 0 Å². The lowest BCUT2D eigenvalue weighted by Crippen LogP contribution is -2.05. The van der Waals surface area contributed by atoms with Gasteiger partial charge in [0.25, 0.3) is 0 Å². The van der Waals surface area contributed by atoms with Gasteiger partial charge in [-0.2, -0.15) is 13.2 Å². The van der Waals surface area contributed by atoms with E-state index in [1.54, 1.807) is 25.1 Å². The summed E-state index contributed by atoms with van der Waals surface area (Å²) in [6, 6.07) is 8.69. The van der Waals surface area contributed by atoms with Gasteiger partial charge < -0.3 is 19.6 Å². The van der Waals surface area contributed by atoms with Crippen LogP contribution in [-0.2, 0) is 17.4 Å². The largest absolute Gasteiger partial charge is 0.490 e. The van der Waals surface area contributed by atoms with Gasteiger partial charge in [-0.1, -0.05) is 12.1 Å². The van der Waals surface area contributed by atoms with Crippen LogP contribution in [0.4, 0.5) is 13.2 Å². The van der Waals surface area contributed by atoms with Crippen LogP contribution in [0.2, 0.25) is 0 Å². The average molecular weight is 407 g/mol. The van der Waals surface area contributed by atoms with Crippen LogP contribution in [0.1, 0.15) is 25.0 Å². The fourth-order valence-corrected chi connectivity index (χ4v) is 3.30. The molecule has 0 fully saturated rings. The van der Waals surface area contributed by atoms with Gasteiger partial charge in [-0.15, -0.1) is 0 Å². The number of hydrogen-bond donors (Lipinski definition) is 2. The first-order chi connectivity index (χ1) is 13.8. The van der Waals surface area contributed by atoms with E-state index in [-0.39, 0.29) is 16.5 Å². The van der Waals surface area contributed by atoms with Gasteiger partial charge in [0.2, 0.25) is 0 Å². The molecule has 0 amide bonds. The van der Waals surface area contributed by atoms with E-state index in [2.05, 4.69) is 4.98 Å². The fraction of sp³-hybridized carbons (Fsp3) is 0.286. The van der Waals surface area contributed by atoms with Gasteiger partial charge in [0.1, 0.15) is 0 Å². The summed E-state index contributed by atoms with van der Waals surface area (Å²) in [5.74, 6) is -0.201. The Kier molecular flexibility index (Phi) is 5.72. The number of fused-ring (bicyclic) bond motifs is 1. The lowest BCUT2D eigenvalue weighted by Gasteiger charge is -2.12. The summed E-state index contributed by atoms with van der Waals surface area (Å²) in [5.41, 5.74) is 0.118. The number of carbonyl (C=O) groups is 1. The van der Waals surface area contributed by atoms with E-state index in [0.717, 1.165) is 6.07 Å². The molecule has 0 spiro atoms. The van der Waals surface area contributed by atoms with Gasteiger partial charge in [-0.05, 0) is 43.7 Å². The third-order valence-corrected chi connectivity index (χ3v) is 4.41. The van der Waals surface area contributed by atoms with Crippen LogP contribution in [0.5, 0.6) is 11.5 Å². The number of hydrogen-bond acceptors (Lipinski definition) is 3. The Labute approximate surface area is 165 Å². The van der Waals surface area contributed by atoms with Gasteiger partial charge in [-0.25, -0.2) is 0 Å². The molecule has 154 valence electrons. The average Bonchev–Trinajstić information content (AvgIpc) is 3.00. The first kappa shape index (κ1) is 20.6. The van der Waals surface area contributed by atoms with Gasteiger partial charge in [0, 0.05) is 10.9 Å². The van der Waals surface area contributed by atoms with Crippen molar-refractivity contribution in [2.75, 3.05) is 13.2 Å². The number of rotatable bonds is 7. The molecule has 0 radical (unpaired) electrons. The first-order valence-corrected chi connectivity index (χ1v) is 9.08. The molecule has 29 heavy (non-hydrogen) atoms. The van der Waals surface area contributed by atoms with Crippen LogP contribution in [0.15, 0.2) is 36.4 Å². The molecule has 0 bridgehead atoms. The molecule has 0 atom stereocenters. The second kappa shape index (κ2) is 8.06. The molecule has 0 saturated heterocycles. The fourth-order valence-electron chi connectivity index (χ4n) is 3.30. The minimum atomic E-state index is -4.57. The van der Waals surface area contributed by atoms with E-state index in [9.17, 15) is 23.1 Å². The third-order valence-electron chi connectivity index (χ3n) is 4.41. The number of aromatic amines is 1. The second-order valence-electron chi connectivity index (χ2n) is 6.30. The predicted octanol–water partition coefficient (Wildman–Crippen LogP) is 5.28. The minimum absolute atomic E-state index is 0.141. The number of nitrogens with one attached hydrogen (secondary N) is 1. The summed E-state index contributed by atoms with van der Waals surface area (Å²) in [6.45, 7) is 4.42. The number of ether oxygens (including phenoxy) is 2. The molecule has 0 aliphatic rings. The van der Waals surface area contributed by atoms with Crippen LogP contribution in [0.3, 0.4) is 0 Å². The van der Waals surface area contributed by atoms with Crippen molar-refractivity contribution in [1.82, 2.24) is 4.98 Å². The molecule has 1 aromatic heterocycles. The second-order valence-corrected chi connectivity index (χ2v) is 6.30. The van der Waals surface area contributed by atoms with Crippen LogP contribution in [-0.4, -0.2) is 29.3 Å². The van der Waals surface area contributed by atoms with Crippen LogP contribution in [0, 0.1) is 0 Å². The zero-order chi connectivity index (χ0) is 21.2. The van der Waals surface area contributed by atoms with Crippen LogP contribution < -0.4 is 9.47 Å². The van der Waals surface area contributed by atoms with Gasteiger partial charge in [0.05, 0.1) is 36.4 Å². The van der Waals surface area contributed by atoms with E-state index in [0.29, 0.717) is 36.0 Å². The highest BCUT2D eigenvalue weighted by molar-refractivity contribution is 5.96. The zero-order valence-electron chi connectivity index (χ0n) is 15.9. The van der Waals surface area contributed by atoms with Gasteiger partial charge >= 0.3 is 12.1 Å². The molecule has 0 aliphatic carbocycles. The SMILES string of the molecule is CCOc1ccc(-c2[nH]c3c(C(F)(F)F)cccc3c2CC(=O)O)cc1OCC. The maximum absolute atomic E-state index is 13.5. The number of H-pyrrole nitrogens is 1. The maximum Gasteiger partial charge on any atom is 0.418 e. The van der Waals surface area contributed by atoms with Gasteiger partial charge in [-0.3, -0.25) is 4.79 Å². The number of halogens is 3. The summed E-state index contributed by atoms with van der Waals surface area (Å²) >= 11 is 0. The molecular formula is C21H20F3NO4. The quantitative estimate of drug-likeness (QED) is 0.559. The number of benzene rings is 2. The molecule has 0 aliphatic heterocycles. The Morgan fingerprint density at radius 3 is 2.38 bits per heavy atom. The van der Waals surface area contributed by atoms with E-state index >= 15 is 0 Å². The number of carboxylic acid groups (broad SMARTS) is 1. The number of carboxylic acids is 1. The molecular weight excluding hydrogens is 387 g/mol. The lowest BCUT2D eigenvalue weighted by atomic mass is 10.0. The standard InChI is InChI=1S/C21H20F3NO4/c1-3-28-16-9-8-12(10-17(16)29-4-2)19-14(11-18(26)27)13-6-5-7-15(20(13)25-19)21(22,23)24/h5-10,25H,3-4,11H2,1-2H3,(H,26,27). The molecule has 5 nitrogen and oxygen atoms in total. The molecule has 2 N–H and O–H groups in total. The van der Waals surface area contributed by atoms with Crippen molar-refractivity contribution in [3.63, 3.8) is 0 Å². The highest BCUT2D eigenvalue weighted by atomic mass is 19.4.